The summed E-state index contributed by atoms with van der Waals surface area (Å²) in [5.74, 6) is 0.0161. The summed E-state index contributed by atoms with van der Waals surface area (Å²) >= 11 is 8.58. The van der Waals surface area contributed by atoms with Crippen molar-refractivity contribution >= 4 is 54.9 Å². The van der Waals surface area contributed by atoms with Crippen LogP contribution in [0.1, 0.15) is 45.0 Å². The summed E-state index contributed by atoms with van der Waals surface area (Å²) in [6, 6.07) is 11.2. The summed E-state index contributed by atoms with van der Waals surface area (Å²) in [5, 5.41) is 5.56. The number of carbonyl (C=O) groups is 1. The van der Waals surface area contributed by atoms with E-state index >= 15 is 0 Å². The number of halogens is 1. The molecule has 0 aliphatic heterocycles. The predicted molar refractivity (Wildman–Crippen MR) is 130 cm³/mol. The van der Waals surface area contributed by atoms with Crippen molar-refractivity contribution < 1.29 is 17.9 Å². The SMILES string of the molecule is CC(C)Oc1ccc(Br)cc1C(=O)NC(=S)Nc1ccc(S(=O)(=O)NC(C)(C)C)cc1. The van der Waals surface area contributed by atoms with E-state index in [-0.39, 0.29) is 16.1 Å². The van der Waals surface area contributed by atoms with Crippen LogP contribution in [0.3, 0.4) is 0 Å². The Balaban J connectivity index is 2.08. The number of anilines is 1. The first kappa shape index (κ1) is 25.3. The molecular weight excluding hydrogens is 502 g/mol. The number of benzene rings is 2. The van der Waals surface area contributed by atoms with Gasteiger partial charge in [-0.05, 0) is 89.3 Å². The Kier molecular flexibility index (Phi) is 8.21. The van der Waals surface area contributed by atoms with Crippen LogP contribution in [0.5, 0.6) is 5.75 Å². The number of amides is 1. The monoisotopic (exact) mass is 527 g/mol. The standard InChI is InChI=1S/C21H26BrN3O4S2/c1-13(2)29-18-11-6-14(22)12-17(18)19(26)24-20(30)23-15-7-9-16(10-8-15)31(27,28)25-21(3,4)5/h6-13,25H,1-5H3,(H2,23,24,26,30). The van der Waals surface area contributed by atoms with E-state index in [9.17, 15) is 13.2 Å². The second-order valence-corrected chi connectivity index (χ2v) is 11.1. The number of nitrogens with one attached hydrogen (secondary N) is 3. The molecule has 2 aromatic rings. The maximum absolute atomic E-state index is 12.7. The molecule has 31 heavy (non-hydrogen) atoms. The van der Waals surface area contributed by atoms with Crippen LogP contribution in [0.15, 0.2) is 51.8 Å². The zero-order valence-electron chi connectivity index (χ0n) is 17.9. The van der Waals surface area contributed by atoms with Crippen LogP contribution in [-0.2, 0) is 10.0 Å². The summed E-state index contributed by atoms with van der Waals surface area (Å²) in [4.78, 5) is 12.8. The quantitative estimate of drug-likeness (QED) is 0.480. The van der Waals surface area contributed by atoms with Crippen LogP contribution in [-0.4, -0.2) is 31.1 Å². The highest BCUT2D eigenvalue weighted by atomic mass is 79.9. The number of ether oxygens (including phenoxy) is 1. The topological polar surface area (TPSA) is 96.5 Å². The van der Waals surface area contributed by atoms with Crippen LogP contribution in [0.2, 0.25) is 0 Å². The first-order chi connectivity index (χ1) is 14.3. The van der Waals surface area contributed by atoms with Crippen molar-refractivity contribution in [2.45, 2.75) is 51.2 Å². The fraction of sp³-hybridized carbons (Fsp3) is 0.333. The van der Waals surface area contributed by atoms with Gasteiger partial charge < -0.3 is 10.1 Å². The van der Waals surface area contributed by atoms with Crippen molar-refractivity contribution in [2.24, 2.45) is 0 Å². The van der Waals surface area contributed by atoms with E-state index in [1.807, 2.05) is 13.8 Å². The molecule has 0 spiro atoms. The van der Waals surface area contributed by atoms with Crippen LogP contribution < -0.4 is 20.1 Å². The molecule has 10 heteroatoms. The molecule has 0 bridgehead atoms. The van der Waals surface area contributed by atoms with Gasteiger partial charge in [0.05, 0.1) is 16.6 Å². The van der Waals surface area contributed by atoms with Crippen molar-refractivity contribution in [2.75, 3.05) is 5.32 Å². The first-order valence-corrected chi connectivity index (χ1v) is 12.2. The molecular formula is C21H26BrN3O4S2. The molecule has 0 radical (unpaired) electrons. The van der Waals surface area contributed by atoms with Gasteiger partial charge in [-0.3, -0.25) is 10.1 Å². The first-order valence-electron chi connectivity index (χ1n) is 9.49. The number of rotatable bonds is 6. The fourth-order valence-corrected chi connectivity index (χ4v) is 4.54. The molecule has 0 aliphatic carbocycles. The van der Waals surface area contributed by atoms with Crippen molar-refractivity contribution in [1.82, 2.24) is 10.0 Å². The Labute approximate surface area is 197 Å². The van der Waals surface area contributed by atoms with Gasteiger partial charge in [-0.15, -0.1) is 0 Å². The predicted octanol–water partition coefficient (Wildman–Crippen LogP) is 4.44. The molecule has 0 atom stereocenters. The fourth-order valence-electron chi connectivity index (χ4n) is 2.55. The third-order valence-electron chi connectivity index (χ3n) is 3.64. The Hall–Kier alpha value is -2.01. The van der Waals surface area contributed by atoms with Gasteiger partial charge in [0.2, 0.25) is 10.0 Å². The highest BCUT2D eigenvalue weighted by Crippen LogP contribution is 2.24. The normalized spacial score (nSPS) is 11.8. The zero-order chi connectivity index (χ0) is 23.4. The molecule has 2 rings (SSSR count). The lowest BCUT2D eigenvalue weighted by Crippen LogP contribution is -2.40. The molecule has 0 fully saturated rings. The summed E-state index contributed by atoms with van der Waals surface area (Å²) in [6.45, 7) is 9.05. The summed E-state index contributed by atoms with van der Waals surface area (Å²) in [7, 11) is -3.64. The molecule has 7 nitrogen and oxygen atoms in total. The number of hydrogen-bond donors (Lipinski definition) is 3. The van der Waals surface area contributed by atoms with E-state index in [0.29, 0.717) is 17.0 Å². The minimum atomic E-state index is -3.64. The van der Waals surface area contributed by atoms with E-state index < -0.39 is 21.5 Å². The van der Waals surface area contributed by atoms with E-state index in [1.165, 1.54) is 12.1 Å². The maximum Gasteiger partial charge on any atom is 0.261 e. The van der Waals surface area contributed by atoms with Gasteiger partial charge in [0, 0.05) is 15.7 Å². The molecule has 0 saturated heterocycles. The third-order valence-corrected chi connectivity index (χ3v) is 6.11. The van der Waals surface area contributed by atoms with E-state index in [1.54, 1.807) is 51.1 Å². The molecule has 0 unspecified atom stereocenters. The van der Waals surface area contributed by atoms with Crippen LogP contribution in [0, 0.1) is 0 Å². The van der Waals surface area contributed by atoms with Crippen LogP contribution in [0.4, 0.5) is 5.69 Å². The Morgan fingerprint density at radius 3 is 2.26 bits per heavy atom. The third kappa shape index (κ3) is 7.88. The lowest BCUT2D eigenvalue weighted by atomic mass is 10.1. The van der Waals surface area contributed by atoms with Crippen LogP contribution in [0.25, 0.3) is 0 Å². The minimum absolute atomic E-state index is 0.0731. The minimum Gasteiger partial charge on any atom is -0.490 e. The van der Waals surface area contributed by atoms with Gasteiger partial charge in [0.1, 0.15) is 5.75 Å². The molecule has 1 amide bonds. The maximum atomic E-state index is 12.7. The van der Waals surface area contributed by atoms with Crippen molar-refractivity contribution in [3.63, 3.8) is 0 Å². The molecule has 168 valence electrons. The molecule has 3 N–H and O–H groups in total. The average molecular weight is 528 g/mol. The highest BCUT2D eigenvalue weighted by Gasteiger charge is 2.22. The average Bonchev–Trinajstić information content (AvgIpc) is 2.61. The van der Waals surface area contributed by atoms with Crippen molar-refractivity contribution in [1.29, 1.82) is 0 Å². The van der Waals surface area contributed by atoms with Gasteiger partial charge in [-0.1, -0.05) is 15.9 Å². The van der Waals surface area contributed by atoms with Gasteiger partial charge >= 0.3 is 0 Å². The Bertz CT molecular complexity index is 1060. The highest BCUT2D eigenvalue weighted by molar-refractivity contribution is 9.10. The summed E-state index contributed by atoms with van der Waals surface area (Å²) < 4.78 is 33.8. The Morgan fingerprint density at radius 1 is 1.10 bits per heavy atom. The lowest BCUT2D eigenvalue weighted by Gasteiger charge is -2.20. The zero-order valence-corrected chi connectivity index (χ0v) is 21.2. The summed E-state index contributed by atoms with van der Waals surface area (Å²) in [6.07, 6.45) is -0.0969. The molecule has 0 heterocycles. The second kappa shape index (κ2) is 10.1. The van der Waals surface area contributed by atoms with Crippen molar-refractivity contribution in [3.05, 3.63) is 52.5 Å². The van der Waals surface area contributed by atoms with Crippen LogP contribution >= 0.6 is 28.1 Å². The summed E-state index contributed by atoms with van der Waals surface area (Å²) in [5.41, 5.74) is 0.279. The molecule has 0 saturated carbocycles. The number of sulfonamides is 1. The van der Waals surface area contributed by atoms with E-state index in [4.69, 9.17) is 17.0 Å². The lowest BCUT2D eigenvalue weighted by molar-refractivity contribution is 0.0972. The number of hydrogen-bond acceptors (Lipinski definition) is 5. The molecule has 0 aliphatic rings. The molecule has 2 aromatic carbocycles. The van der Waals surface area contributed by atoms with Crippen molar-refractivity contribution in [3.8, 4) is 5.75 Å². The molecule has 0 aromatic heterocycles. The Morgan fingerprint density at radius 2 is 1.71 bits per heavy atom. The van der Waals surface area contributed by atoms with E-state index in [2.05, 4.69) is 31.3 Å². The largest absolute Gasteiger partial charge is 0.490 e. The smallest absolute Gasteiger partial charge is 0.261 e. The van der Waals surface area contributed by atoms with E-state index in [0.717, 1.165) is 4.47 Å². The second-order valence-electron chi connectivity index (χ2n) is 8.10. The number of carbonyl (C=O) groups excluding carboxylic acids is 1. The number of thiocarbonyl (C=S) groups is 1. The van der Waals surface area contributed by atoms with Gasteiger partial charge in [-0.2, -0.15) is 0 Å². The van der Waals surface area contributed by atoms with Gasteiger partial charge in [0.15, 0.2) is 5.11 Å². The van der Waals surface area contributed by atoms with Gasteiger partial charge in [-0.25, -0.2) is 13.1 Å². The van der Waals surface area contributed by atoms with Gasteiger partial charge in [0.25, 0.3) is 5.91 Å².